The number of aromatic nitrogens is 5. The van der Waals surface area contributed by atoms with Gasteiger partial charge in [-0.2, -0.15) is 5.10 Å². The Balaban J connectivity index is 2.21. The fraction of sp³-hybridized carbons (Fsp3) is 0.231. The highest BCUT2D eigenvalue weighted by Gasteiger charge is 2.15. The maximum atomic E-state index is 11.6. The predicted octanol–water partition coefficient (Wildman–Crippen LogP) is 1.22. The van der Waals surface area contributed by atoms with Crippen molar-refractivity contribution in [1.82, 2.24) is 24.4 Å². The topological polar surface area (TPSA) is 74.3 Å². The van der Waals surface area contributed by atoms with Gasteiger partial charge in [0.15, 0.2) is 11.5 Å². The summed E-state index contributed by atoms with van der Waals surface area (Å²) < 4.78 is 8.20. The molecule has 102 valence electrons. The molecule has 0 atom stereocenters. The zero-order valence-electron chi connectivity index (χ0n) is 11.4. The van der Waals surface area contributed by atoms with E-state index in [9.17, 15) is 4.79 Å². The molecule has 7 nitrogen and oxygen atoms in total. The van der Waals surface area contributed by atoms with Crippen LogP contribution >= 0.6 is 0 Å². The number of fused-ring (bicyclic) bond motifs is 1. The van der Waals surface area contributed by atoms with E-state index in [2.05, 4.69) is 15.3 Å². The molecule has 0 aliphatic carbocycles. The Labute approximate surface area is 114 Å². The van der Waals surface area contributed by atoms with Gasteiger partial charge in [-0.05, 0) is 19.1 Å². The van der Waals surface area contributed by atoms with Crippen molar-refractivity contribution < 1.29 is 9.53 Å². The summed E-state index contributed by atoms with van der Waals surface area (Å²) in [6.45, 7) is 1.90. The highest BCUT2D eigenvalue weighted by Crippen LogP contribution is 2.21. The molecular weight excluding hydrogens is 258 g/mol. The van der Waals surface area contributed by atoms with Gasteiger partial charge in [-0.1, -0.05) is 0 Å². The third kappa shape index (κ3) is 1.83. The van der Waals surface area contributed by atoms with Crippen LogP contribution in [0.2, 0.25) is 0 Å². The van der Waals surface area contributed by atoms with E-state index in [1.54, 1.807) is 27.4 Å². The third-order valence-electron chi connectivity index (χ3n) is 3.08. The van der Waals surface area contributed by atoms with E-state index >= 15 is 0 Å². The lowest BCUT2D eigenvalue weighted by Crippen LogP contribution is -2.03. The normalized spacial score (nSPS) is 10.9. The molecule has 0 amide bonds. The highest BCUT2D eigenvalue weighted by molar-refractivity contribution is 5.89. The van der Waals surface area contributed by atoms with Crippen molar-refractivity contribution in [2.75, 3.05) is 7.11 Å². The van der Waals surface area contributed by atoms with Crippen LogP contribution in [-0.2, 0) is 11.8 Å². The minimum absolute atomic E-state index is 0.394. The molecule has 3 aromatic rings. The van der Waals surface area contributed by atoms with Crippen LogP contribution in [0, 0.1) is 6.92 Å². The number of rotatable bonds is 2. The molecule has 0 fully saturated rings. The molecule has 3 aromatic heterocycles. The number of hydrogen-bond donors (Lipinski definition) is 0. The van der Waals surface area contributed by atoms with E-state index in [4.69, 9.17) is 4.74 Å². The molecule has 3 heterocycles. The highest BCUT2D eigenvalue weighted by atomic mass is 16.5. The molecule has 0 bridgehead atoms. The van der Waals surface area contributed by atoms with Gasteiger partial charge in [0, 0.05) is 19.4 Å². The number of carbonyl (C=O) groups is 1. The summed E-state index contributed by atoms with van der Waals surface area (Å²) >= 11 is 0. The summed E-state index contributed by atoms with van der Waals surface area (Å²) in [7, 11) is 3.20. The first kappa shape index (κ1) is 12.3. The monoisotopic (exact) mass is 271 g/mol. The molecule has 20 heavy (non-hydrogen) atoms. The standard InChI is InChI=1S/C13H13N5O2/c1-8-10(7-17(2)16-8)12-15-14-11-5-4-9(6-18(11)12)13(19)20-3/h4-7H,1-3H3. The molecule has 0 saturated carbocycles. The van der Waals surface area contributed by atoms with Gasteiger partial charge in [0.1, 0.15) is 0 Å². The summed E-state index contributed by atoms with van der Waals surface area (Å²) in [5.41, 5.74) is 2.84. The van der Waals surface area contributed by atoms with Crippen molar-refractivity contribution in [2.24, 2.45) is 7.05 Å². The smallest absolute Gasteiger partial charge is 0.339 e. The number of carbonyl (C=O) groups excluding carboxylic acids is 1. The molecule has 0 unspecified atom stereocenters. The summed E-state index contributed by atoms with van der Waals surface area (Å²) in [5, 5.41) is 12.6. The molecule has 0 aromatic carbocycles. The lowest BCUT2D eigenvalue weighted by Gasteiger charge is -2.02. The van der Waals surface area contributed by atoms with Crippen molar-refractivity contribution >= 4 is 11.6 Å². The lowest BCUT2D eigenvalue weighted by molar-refractivity contribution is 0.0600. The lowest BCUT2D eigenvalue weighted by atomic mass is 10.2. The fourth-order valence-electron chi connectivity index (χ4n) is 2.13. The summed E-state index contributed by atoms with van der Waals surface area (Å²) in [5.74, 6) is 0.255. The van der Waals surface area contributed by atoms with Crippen molar-refractivity contribution in [3.05, 3.63) is 35.8 Å². The van der Waals surface area contributed by atoms with Crippen LogP contribution < -0.4 is 0 Å². The van der Waals surface area contributed by atoms with Crippen LogP contribution in [-0.4, -0.2) is 37.5 Å². The average molecular weight is 271 g/mol. The van der Waals surface area contributed by atoms with Crippen LogP contribution in [0.15, 0.2) is 24.5 Å². The van der Waals surface area contributed by atoms with E-state index in [1.165, 1.54) is 7.11 Å². The summed E-state index contributed by atoms with van der Waals surface area (Å²) in [6, 6.07) is 3.39. The Kier molecular flexibility index (Phi) is 2.74. The second kappa shape index (κ2) is 4.44. The van der Waals surface area contributed by atoms with E-state index in [1.807, 2.05) is 20.2 Å². The Bertz CT molecular complexity index is 802. The molecule has 0 N–H and O–H groups in total. The molecule has 3 rings (SSSR count). The predicted molar refractivity (Wildman–Crippen MR) is 71.3 cm³/mol. The van der Waals surface area contributed by atoms with Crippen LogP contribution in [0.4, 0.5) is 0 Å². The van der Waals surface area contributed by atoms with E-state index < -0.39 is 5.97 Å². The van der Waals surface area contributed by atoms with Gasteiger partial charge in [0.05, 0.1) is 23.9 Å². The number of aryl methyl sites for hydroxylation is 2. The maximum absolute atomic E-state index is 11.6. The van der Waals surface area contributed by atoms with Crippen molar-refractivity contribution in [2.45, 2.75) is 6.92 Å². The van der Waals surface area contributed by atoms with Crippen LogP contribution in [0.1, 0.15) is 16.1 Å². The first-order valence-corrected chi connectivity index (χ1v) is 6.04. The van der Waals surface area contributed by atoms with Crippen LogP contribution in [0.3, 0.4) is 0 Å². The maximum Gasteiger partial charge on any atom is 0.339 e. The SMILES string of the molecule is COC(=O)c1ccc2nnc(-c3cn(C)nc3C)n2c1. The molecular formula is C13H13N5O2. The van der Waals surface area contributed by atoms with Gasteiger partial charge in [0.25, 0.3) is 0 Å². The zero-order valence-corrected chi connectivity index (χ0v) is 11.4. The van der Waals surface area contributed by atoms with Gasteiger partial charge in [-0.3, -0.25) is 9.08 Å². The Morgan fingerprint density at radius 1 is 1.25 bits per heavy atom. The molecule has 0 aliphatic heterocycles. The fourth-order valence-corrected chi connectivity index (χ4v) is 2.13. The summed E-state index contributed by atoms with van der Waals surface area (Å²) in [6.07, 6.45) is 3.54. The number of nitrogens with zero attached hydrogens (tertiary/aromatic N) is 5. The van der Waals surface area contributed by atoms with Gasteiger partial charge in [-0.15, -0.1) is 10.2 Å². The molecule has 0 radical (unpaired) electrons. The average Bonchev–Trinajstić information content (AvgIpc) is 2.99. The first-order chi connectivity index (χ1) is 9.60. The number of esters is 1. The Morgan fingerprint density at radius 2 is 2.05 bits per heavy atom. The van der Waals surface area contributed by atoms with Gasteiger partial charge in [0.2, 0.25) is 0 Å². The van der Waals surface area contributed by atoms with Crippen LogP contribution in [0.25, 0.3) is 17.0 Å². The first-order valence-electron chi connectivity index (χ1n) is 6.04. The molecule has 0 spiro atoms. The van der Waals surface area contributed by atoms with Crippen molar-refractivity contribution in [3.63, 3.8) is 0 Å². The number of ether oxygens (including phenoxy) is 1. The Hall–Kier alpha value is -2.70. The van der Waals surface area contributed by atoms with E-state index in [0.717, 1.165) is 11.3 Å². The van der Waals surface area contributed by atoms with Crippen molar-refractivity contribution in [3.8, 4) is 11.4 Å². The van der Waals surface area contributed by atoms with Gasteiger partial charge < -0.3 is 4.74 Å². The molecule has 0 saturated heterocycles. The molecule has 0 aliphatic rings. The van der Waals surface area contributed by atoms with Crippen LogP contribution in [0.5, 0.6) is 0 Å². The Morgan fingerprint density at radius 3 is 2.70 bits per heavy atom. The van der Waals surface area contributed by atoms with E-state index in [0.29, 0.717) is 17.0 Å². The van der Waals surface area contributed by atoms with Gasteiger partial charge in [-0.25, -0.2) is 4.79 Å². The zero-order chi connectivity index (χ0) is 14.3. The van der Waals surface area contributed by atoms with Crippen molar-refractivity contribution in [1.29, 1.82) is 0 Å². The quantitative estimate of drug-likeness (QED) is 0.655. The minimum Gasteiger partial charge on any atom is -0.465 e. The van der Waals surface area contributed by atoms with E-state index in [-0.39, 0.29) is 0 Å². The number of hydrogen-bond acceptors (Lipinski definition) is 5. The summed E-state index contributed by atoms with van der Waals surface area (Å²) in [4.78, 5) is 11.6. The minimum atomic E-state index is -0.394. The van der Waals surface area contributed by atoms with Gasteiger partial charge >= 0.3 is 5.97 Å². The second-order valence-electron chi connectivity index (χ2n) is 4.46. The molecule has 7 heteroatoms. The third-order valence-corrected chi connectivity index (χ3v) is 3.08. The second-order valence-corrected chi connectivity index (χ2v) is 4.46. The number of methoxy groups -OCH3 is 1. The number of pyridine rings is 1. The largest absolute Gasteiger partial charge is 0.465 e.